The van der Waals surface area contributed by atoms with E-state index in [4.69, 9.17) is 5.73 Å². The molecule has 2 nitrogen and oxygen atoms in total. The summed E-state index contributed by atoms with van der Waals surface area (Å²) in [6.45, 7) is 3.97. The van der Waals surface area contributed by atoms with Crippen LogP contribution in [0.25, 0.3) is 0 Å². The molecule has 4 heteroatoms. The lowest BCUT2D eigenvalue weighted by Crippen LogP contribution is -2.35. The van der Waals surface area contributed by atoms with Crippen LogP contribution in [-0.4, -0.2) is 19.3 Å². The van der Waals surface area contributed by atoms with E-state index >= 15 is 0 Å². The van der Waals surface area contributed by atoms with E-state index in [1.807, 2.05) is 6.92 Å². The Morgan fingerprint density at radius 3 is 1.94 bits per heavy atom. The van der Waals surface area contributed by atoms with Crippen LogP contribution in [0.1, 0.15) is 59.3 Å². The van der Waals surface area contributed by atoms with Gasteiger partial charge >= 0.3 is 6.61 Å². The summed E-state index contributed by atoms with van der Waals surface area (Å²) < 4.78 is 29.2. The second kappa shape index (κ2) is 8.81. The van der Waals surface area contributed by atoms with E-state index < -0.39 is 6.61 Å². The average Bonchev–Trinajstić information content (AvgIpc) is 2.28. The van der Waals surface area contributed by atoms with Gasteiger partial charge in [-0.1, -0.05) is 33.6 Å². The first kappa shape index (κ1) is 16.8. The highest BCUT2D eigenvalue weighted by molar-refractivity contribution is 4.83. The van der Waals surface area contributed by atoms with Gasteiger partial charge in [-0.3, -0.25) is 0 Å². The van der Waals surface area contributed by atoms with Crippen molar-refractivity contribution >= 4 is 0 Å². The van der Waals surface area contributed by atoms with E-state index in [1.165, 1.54) is 0 Å². The second-order valence-corrected chi connectivity index (χ2v) is 4.84. The van der Waals surface area contributed by atoms with E-state index in [2.05, 4.69) is 18.6 Å². The van der Waals surface area contributed by atoms with E-state index in [0.717, 1.165) is 25.7 Å². The number of rotatable bonds is 10. The number of nitrogens with two attached hydrogens (primary N) is 1. The van der Waals surface area contributed by atoms with Crippen molar-refractivity contribution in [2.75, 3.05) is 6.54 Å². The number of alkyl halides is 2. The minimum absolute atomic E-state index is 0.0287. The molecule has 0 radical (unpaired) electrons. The Morgan fingerprint density at radius 2 is 1.65 bits per heavy atom. The lowest BCUT2D eigenvalue weighted by Gasteiger charge is -2.35. The Hall–Kier alpha value is -0.220. The van der Waals surface area contributed by atoms with Gasteiger partial charge in [0.1, 0.15) is 0 Å². The Kier molecular flexibility index (Phi) is 8.70. The molecule has 0 aliphatic carbocycles. The third-order valence-corrected chi connectivity index (χ3v) is 3.41. The third-order valence-electron chi connectivity index (χ3n) is 3.41. The molecule has 0 aromatic rings. The molecule has 0 rings (SSSR count). The topological polar surface area (TPSA) is 35.2 Å². The summed E-state index contributed by atoms with van der Waals surface area (Å²) in [5.41, 5.74) is 5.84. The van der Waals surface area contributed by atoms with Gasteiger partial charge < -0.3 is 10.5 Å². The smallest absolute Gasteiger partial charge is 0.330 e. The van der Waals surface area contributed by atoms with Gasteiger partial charge in [0, 0.05) is 0 Å². The van der Waals surface area contributed by atoms with Crippen LogP contribution < -0.4 is 5.73 Å². The summed E-state index contributed by atoms with van der Waals surface area (Å²) in [6, 6.07) is 0. The highest BCUT2D eigenvalue weighted by Crippen LogP contribution is 2.35. The van der Waals surface area contributed by atoms with Crippen molar-refractivity contribution in [3.05, 3.63) is 0 Å². The van der Waals surface area contributed by atoms with Gasteiger partial charge in [0.25, 0.3) is 0 Å². The molecule has 0 aromatic heterocycles. The van der Waals surface area contributed by atoms with Crippen LogP contribution in [0.15, 0.2) is 0 Å². The molecule has 0 saturated heterocycles. The quantitative estimate of drug-likeness (QED) is 0.638. The summed E-state index contributed by atoms with van der Waals surface area (Å²) in [7, 11) is 0. The lowest BCUT2D eigenvalue weighted by molar-refractivity contribution is -0.172. The normalized spacial score (nSPS) is 14.3. The van der Waals surface area contributed by atoms with Gasteiger partial charge in [0.05, 0.1) is 6.10 Å². The molecule has 0 spiro atoms. The first-order valence-corrected chi connectivity index (χ1v) is 6.67. The van der Waals surface area contributed by atoms with Gasteiger partial charge in [-0.15, -0.1) is 0 Å². The molecule has 0 aliphatic rings. The molecule has 0 aliphatic heterocycles. The van der Waals surface area contributed by atoms with Gasteiger partial charge in [-0.2, -0.15) is 8.78 Å². The van der Waals surface area contributed by atoms with E-state index in [9.17, 15) is 8.78 Å². The van der Waals surface area contributed by atoms with Crippen LogP contribution in [0.4, 0.5) is 8.78 Å². The highest BCUT2D eigenvalue weighted by atomic mass is 19.3. The van der Waals surface area contributed by atoms with Crippen molar-refractivity contribution in [2.24, 2.45) is 11.1 Å². The van der Waals surface area contributed by atoms with Crippen molar-refractivity contribution in [2.45, 2.75) is 72.0 Å². The lowest BCUT2D eigenvalue weighted by atomic mass is 9.74. The molecule has 0 heterocycles. The molecule has 0 bridgehead atoms. The van der Waals surface area contributed by atoms with Crippen LogP contribution in [0.3, 0.4) is 0 Å². The number of halogens is 2. The second-order valence-electron chi connectivity index (χ2n) is 4.84. The zero-order valence-corrected chi connectivity index (χ0v) is 11.3. The van der Waals surface area contributed by atoms with Gasteiger partial charge in [0.15, 0.2) is 0 Å². The Bertz CT molecular complexity index is 182. The van der Waals surface area contributed by atoms with Crippen LogP contribution in [-0.2, 0) is 4.74 Å². The van der Waals surface area contributed by atoms with Crippen LogP contribution >= 0.6 is 0 Å². The van der Waals surface area contributed by atoms with Gasteiger partial charge in [-0.05, 0) is 37.6 Å². The molecule has 1 atom stereocenters. The Morgan fingerprint density at radius 1 is 1.12 bits per heavy atom. The Balaban J connectivity index is 4.55. The first-order chi connectivity index (χ1) is 8.03. The van der Waals surface area contributed by atoms with Crippen molar-refractivity contribution in [3.63, 3.8) is 0 Å². The fourth-order valence-electron chi connectivity index (χ4n) is 2.59. The summed E-state index contributed by atoms with van der Waals surface area (Å²) in [6.07, 6.45) is 4.91. The van der Waals surface area contributed by atoms with Crippen LogP contribution in [0, 0.1) is 5.41 Å². The molecular formula is C13H27F2NO. The molecule has 0 amide bonds. The van der Waals surface area contributed by atoms with Crippen molar-refractivity contribution in [1.29, 1.82) is 0 Å². The zero-order valence-electron chi connectivity index (χ0n) is 11.3. The van der Waals surface area contributed by atoms with Crippen molar-refractivity contribution < 1.29 is 13.5 Å². The molecule has 17 heavy (non-hydrogen) atoms. The van der Waals surface area contributed by atoms with Crippen molar-refractivity contribution in [1.82, 2.24) is 0 Å². The molecule has 1 unspecified atom stereocenters. The summed E-state index contributed by atoms with van der Waals surface area (Å²) in [5, 5.41) is 0. The minimum Gasteiger partial charge on any atom is -0.330 e. The minimum atomic E-state index is -2.68. The van der Waals surface area contributed by atoms with Gasteiger partial charge in [-0.25, -0.2) is 0 Å². The Labute approximate surface area is 104 Å². The molecule has 2 N–H and O–H groups in total. The largest absolute Gasteiger partial charge is 0.345 e. The fourth-order valence-corrected chi connectivity index (χ4v) is 2.59. The standard InChI is InChI=1S/C13H27F2NO/c1-4-7-13(10-16,8-5-2)9-11(6-3)17-12(14)15/h11-12H,4-10,16H2,1-3H3. The summed E-state index contributed by atoms with van der Waals surface area (Å²) >= 11 is 0. The molecule has 0 aromatic carbocycles. The average molecular weight is 251 g/mol. The highest BCUT2D eigenvalue weighted by Gasteiger charge is 2.31. The van der Waals surface area contributed by atoms with E-state index in [1.54, 1.807) is 0 Å². The zero-order chi connectivity index (χ0) is 13.3. The maximum absolute atomic E-state index is 12.3. The summed E-state index contributed by atoms with van der Waals surface area (Å²) in [5.74, 6) is 0. The molecule has 104 valence electrons. The van der Waals surface area contributed by atoms with Crippen molar-refractivity contribution in [3.8, 4) is 0 Å². The number of hydrogen-bond donors (Lipinski definition) is 1. The maximum Gasteiger partial charge on any atom is 0.345 e. The molecule has 0 saturated carbocycles. The maximum atomic E-state index is 12.3. The fraction of sp³-hybridized carbons (Fsp3) is 1.00. The van der Waals surface area contributed by atoms with E-state index in [0.29, 0.717) is 19.4 Å². The third kappa shape index (κ3) is 6.32. The number of hydrogen-bond acceptors (Lipinski definition) is 2. The number of ether oxygens (including phenoxy) is 1. The van der Waals surface area contributed by atoms with Gasteiger partial charge in [0.2, 0.25) is 0 Å². The molecule has 0 fully saturated rings. The first-order valence-electron chi connectivity index (χ1n) is 6.67. The SMILES string of the molecule is CCCC(CN)(CCC)CC(CC)OC(F)F. The summed E-state index contributed by atoms with van der Waals surface area (Å²) in [4.78, 5) is 0. The van der Waals surface area contributed by atoms with E-state index in [-0.39, 0.29) is 11.5 Å². The predicted octanol–water partition coefficient (Wildman–Crippen LogP) is 3.94. The molecular weight excluding hydrogens is 224 g/mol. The predicted molar refractivity (Wildman–Crippen MR) is 67.1 cm³/mol. The van der Waals surface area contributed by atoms with Crippen LogP contribution in [0.2, 0.25) is 0 Å². The van der Waals surface area contributed by atoms with Crippen LogP contribution in [0.5, 0.6) is 0 Å². The monoisotopic (exact) mass is 251 g/mol.